The molecule has 21 heavy (non-hydrogen) atoms. The van der Waals surface area contributed by atoms with E-state index >= 15 is 0 Å². The van der Waals surface area contributed by atoms with E-state index in [0.29, 0.717) is 12.6 Å². The van der Waals surface area contributed by atoms with Crippen molar-refractivity contribution in [1.82, 2.24) is 10.3 Å². The van der Waals surface area contributed by atoms with E-state index in [9.17, 15) is 4.79 Å². The first-order chi connectivity index (χ1) is 10.0. The summed E-state index contributed by atoms with van der Waals surface area (Å²) in [5.74, 6) is 0.0132. The van der Waals surface area contributed by atoms with E-state index in [2.05, 4.69) is 59.1 Å². The van der Waals surface area contributed by atoms with E-state index in [1.807, 2.05) is 0 Å². The standard InChI is InChI=1S/C16H21N3OS/c1-11(2)18-16-19-15(10-21-16)14-6-4-13(5-7-14)8-9-17-12(3)20/h4-7,10-11H,8-9H2,1-3H3,(H,17,20)(H,18,19). The summed E-state index contributed by atoms with van der Waals surface area (Å²) in [6.45, 7) is 6.41. The van der Waals surface area contributed by atoms with Gasteiger partial charge >= 0.3 is 0 Å². The molecule has 1 aromatic heterocycles. The summed E-state index contributed by atoms with van der Waals surface area (Å²) in [7, 11) is 0. The molecule has 0 aliphatic carbocycles. The van der Waals surface area contributed by atoms with E-state index in [1.165, 1.54) is 12.5 Å². The van der Waals surface area contributed by atoms with Gasteiger partial charge in [-0.1, -0.05) is 24.3 Å². The summed E-state index contributed by atoms with van der Waals surface area (Å²) in [5.41, 5.74) is 3.33. The van der Waals surface area contributed by atoms with Gasteiger partial charge < -0.3 is 10.6 Å². The lowest BCUT2D eigenvalue weighted by atomic mass is 10.1. The van der Waals surface area contributed by atoms with E-state index in [-0.39, 0.29) is 5.91 Å². The van der Waals surface area contributed by atoms with Crippen LogP contribution in [0.1, 0.15) is 26.3 Å². The van der Waals surface area contributed by atoms with Crippen molar-refractivity contribution in [2.24, 2.45) is 0 Å². The quantitative estimate of drug-likeness (QED) is 0.861. The summed E-state index contributed by atoms with van der Waals surface area (Å²) in [4.78, 5) is 15.4. The average molecular weight is 303 g/mol. The molecule has 112 valence electrons. The maximum atomic E-state index is 10.8. The monoisotopic (exact) mass is 303 g/mol. The lowest BCUT2D eigenvalue weighted by molar-refractivity contribution is -0.118. The number of rotatable bonds is 6. The summed E-state index contributed by atoms with van der Waals surface area (Å²) in [6, 6.07) is 8.73. The third kappa shape index (κ3) is 4.86. The SMILES string of the molecule is CC(=O)NCCc1ccc(-c2csc(NC(C)C)n2)cc1. The number of aromatic nitrogens is 1. The highest BCUT2D eigenvalue weighted by Crippen LogP contribution is 2.25. The zero-order valence-corrected chi connectivity index (χ0v) is 13.5. The van der Waals surface area contributed by atoms with Gasteiger partial charge in [-0.15, -0.1) is 11.3 Å². The molecule has 5 heteroatoms. The number of nitrogens with one attached hydrogen (secondary N) is 2. The number of carbonyl (C=O) groups excluding carboxylic acids is 1. The highest BCUT2D eigenvalue weighted by Gasteiger charge is 2.05. The molecular weight excluding hydrogens is 282 g/mol. The van der Waals surface area contributed by atoms with Crippen molar-refractivity contribution >= 4 is 22.4 Å². The third-order valence-corrected chi connectivity index (χ3v) is 3.73. The average Bonchev–Trinajstić information content (AvgIpc) is 2.87. The van der Waals surface area contributed by atoms with Gasteiger partial charge in [0.15, 0.2) is 5.13 Å². The van der Waals surface area contributed by atoms with E-state index in [4.69, 9.17) is 0 Å². The van der Waals surface area contributed by atoms with Crippen LogP contribution in [0.2, 0.25) is 0 Å². The normalized spacial score (nSPS) is 10.7. The van der Waals surface area contributed by atoms with Gasteiger partial charge in [0.1, 0.15) is 0 Å². The number of thiazole rings is 1. The largest absolute Gasteiger partial charge is 0.359 e. The van der Waals surface area contributed by atoms with E-state index in [0.717, 1.165) is 22.8 Å². The molecule has 1 amide bonds. The second-order valence-electron chi connectivity index (χ2n) is 5.27. The number of amides is 1. The highest BCUT2D eigenvalue weighted by molar-refractivity contribution is 7.14. The van der Waals surface area contributed by atoms with Gasteiger partial charge in [0.2, 0.25) is 5.91 Å². The Morgan fingerprint density at radius 1 is 1.29 bits per heavy atom. The minimum absolute atomic E-state index is 0.0132. The Labute approximate surface area is 129 Å². The molecule has 2 rings (SSSR count). The third-order valence-electron chi connectivity index (χ3n) is 2.95. The molecule has 1 heterocycles. The molecular formula is C16H21N3OS. The van der Waals surface area contributed by atoms with Crippen molar-refractivity contribution in [3.63, 3.8) is 0 Å². The van der Waals surface area contributed by atoms with Gasteiger partial charge in [0.25, 0.3) is 0 Å². The predicted molar refractivity (Wildman–Crippen MR) is 88.7 cm³/mol. The molecule has 1 aromatic carbocycles. The lowest BCUT2D eigenvalue weighted by Gasteiger charge is -2.05. The Morgan fingerprint density at radius 3 is 2.62 bits per heavy atom. The molecule has 0 radical (unpaired) electrons. The van der Waals surface area contributed by atoms with Crippen molar-refractivity contribution in [2.45, 2.75) is 33.2 Å². The van der Waals surface area contributed by atoms with Gasteiger partial charge in [-0.3, -0.25) is 4.79 Å². The van der Waals surface area contributed by atoms with Crippen molar-refractivity contribution in [3.8, 4) is 11.3 Å². The van der Waals surface area contributed by atoms with Crippen LogP contribution in [0.3, 0.4) is 0 Å². The number of hydrogen-bond donors (Lipinski definition) is 2. The Hall–Kier alpha value is -1.88. The topological polar surface area (TPSA) is 54.0 Å². The fourth-order valence-corrected chi connectivity index (χ4v) is 2.81. The first-order valence-corrected chi connectivity index (χ1v) is 7.98. The minimum atomic E-state index is 0.0132. The smallest absolute Gasteiger partial charge is 0.216 e. The Morgan fingerprint density at radius 2 is 2.00 bits per heavy atom. The van der Waals surface area contributed by atoms with E-state index in [1.54, 1.807) is 11.3 Å². The second kappa shape index (κ2) is 7.22. The van der Waals surface area contributed by atoms with Crippen molar-refractivity contribution in [2.75, 3.05) is 11.9 Å². The molecule has 0 bridgehead atoms. The zero-order chi connectivity index (χ0) is 15.2. The summed E-state index contributed by atoms with van der Waals surface area (Å²) in [6.07, 6.45) is 0.844. The number of anilines is 1. The van der Waals surface area contributed by atoms with Crippen molar-refractivity contribution in [3.05, 3.63) is 35.2 Å². The molecule has 0 spiro atoms. The van der Waals surface area contributed by atoms with Gasteiger partial charge in [-0.05, 0) is 25.8 Å². The van der Waals surface area contributed by atoms with Gasteiger partial charge in [0, 0.05) is 30.5 Å². The van der Waals surface area contributed by atoms with Crippen LogP contribution >= 0.6 is 11.3 Å². The van der Waals surface area contributed by atoms with E-state index < -0.39 is 0 Å². The minimum Gasteiger partial charge on any atom is -0.359 e. The molecule has 4 nitrogen and oxygen atoms in total. The first kappa shape index (κ1) is 15.5. The second-order valence-corrected chi connectivity index (χ2v) is 6.12. The van der Waals surface area contributed by atoms with Gasteiger partial charge in [-0.2, -0.15) is 0 Å². The van der Waals surface area contributed by atoms with Gasteiger partial charge in [0.05, 0.1) is 5.69 Å². The van der Waals surface area contributed by atoms with Crippen LogP contribution in [0.15, 0.2) is 29.6 Å². The van der Waals surface area contributed by atoms with Crippen LogP contribution < -0.4 is 10.6 Å². The maximum Gasteiger partial charge on any atom is 0.216 e. The highest BCUT2D eigenvalue weighted by atomic mass is 32.1. The maximum absolute atomic E-state index is 10.8. The number of carbonyl (C=O) groups is 1. The molecule has 0 unspecified atom stereocenters. The number of benzene rings is 1. The lowest BCUT2D eigenvalue weighted by Crippen LogP contribution is -2.22. The van der Waals surface area contributed by atoms with Crippen LogP contribution in [-0.4, -0.2) is 23.5 Å². The molecule has 2 aromatic rings. The first-order valence-electron chi connectivity index (χ1n) is 7.10. The molecule has 0 saturated carbocycles. The van der Waals surface area contributed by atoms with Crippen LogP contribution in [0, 0.1) is 0 Å². The van der Waals surface area contributed by atoms with Crippen molar-refractivity contribution < 1.29 is 4.79 Å². The molecule has 0 atom stereocenters. The Balaban J connectivity index is 1.98. The van der Waals surface area contributed by atoms with Crippen LogP contribution in [0.25, 0.3) is 11.3 Å². The van der Waals surface area contributed by atoms with Crippen LogP contribution in [-0.2, 0) is 11.2 Å². The number of hydrogen-bond acceptors (Lipinski definition) is 4. The van der Waals surface area contributed by atoms with Crippen LogP contribution in [0.4, 0.5) is 5.13 Å². The molecule has 0 aliphatic rings. The Kier molecular flexibility index (Phi) is 5.33. The summed E-state index contributed by atoms with van der Waals surface area (Å²) >= 11 is 1.62. The molecule has 2 N–H and O–H groups in total. The van der Waals surface area contributed by atoms with Gasteiger partial charge in [-0.25, -0.2) is 4.98 Å². The fourth-order valence-electron chi connectivity index (χ4n) is 1.94. The molecule has 0 saturated heterocycles. The number of nitrogens with zero attached hydrogens (tertiary/aromatic N) is 1. The zero-order valence-electron chi connectivity index (χ0n) is 12.6. The summed E-state index contributed by atoms with van der Waals surface area (Å²) < 4.78 is 0. The Bertz CT molecular complexity index is 590. The van der Waals surface area contributed by atoms with Crippen molar-refractivity contribution in [1.29, 1.82) is 0 Å². The van der Waals surface area contributed by atoms with Crippen LogP contribution in [0.5, 0.6) is 0 Å². The molecule has 0 fully saturated rings. The summed E-state index contributed by atoms with van der Waals surface area (Å²) in [5, 5.41) is 9.14. The molecule has 0 aliphatic heterocycles. The fraction of sp³-hybridized carbons (Fsp3) is 0.375. The predicted octanol–water partition coefficient (Wildman–Crippen LogP) is 3.31.